The van der Waals surface area contributed by atoms with Crippen molar-refractivity contribution in [3.05, 3.63) is 87.8 Å². The molecule has 0 saturated carbocycles. The molecule has 0 N–H and O–H groups in total. The van der Waals surface area contributed by atoms with Crippen molar-refractivity contribution < 1.29 is 61.5 Å². The third kappa shape index (κ3) is 12.0. The van der Waals surface area contributed by atoms with Gasteiger partial charge in [0.1, 0.15) is 37.3 Å². The van der Waals surface area contributed by atoms with Gasteiger partial charge in [-0.2, -0.15) is 0 Å². The molecule has 290 valence electrons. The van der Waals surface area contributed by atoms with Crippen LogP contribution in [0.1, 0.15) is 66.9 Å². The van der Waals surface area contributed by atoms with Gasteiger partial charge in [-0.3, -0.25) is 19.2 Å². The van der Waals surface area contributed by atoms with Crippen LogP contribution in [0.5, 0.6) is 17.2 Å². The lowest BCUT2D eigenvalue weighted by atomic mass is 9.98. The lowest BCUT2D eigenvalue weighted by Gasteiger charge is -2.43. The largest absolute Gasteiger partial charge is 0.484 e. The van der Waals surface area contributed by atoms with Crippen LogP contribution in [0.4, 0.5) is 0 Å². The zero-order valence-electron chi connectivity index (χ0n) is 31.4. The van der Waals surface area contributed by atoms with E-state index in [0.29, 0.717) is 5.39 Å². The second-order valence-electron chi connectivity index (χ2n) is 12.8. The first-order valence-corrected chi connectivity index (χ1v) is 17.4. The molecule has 14 nitrogen and oxygen atoms in total. The van der Waals surface area contributed by atoms with E-state index in [0.717, 1.165) is 44.7 Å². The van der Waals surface area contributed by atoms with E-state index in [1.807, 2.05) is 57.2 Å². The summed E-state index contributed by atoms with van der Waals surface area (Å²) < 4.78 is 51.6. The molecule has 0 amide bonds. The summed E-state index contributed by atoms with van der Waals surface area (Å²) in [6, 6.07) is 13.9. The first kappa shape index (κ1) is 41.1. The van der Waals surface area contributed by atoms with E-state index in [2.05, 4.69) is 6.08 Å². The van der Waals surface area contributed by atoms with Crippen molar-refractivity contribution in [3.8, 4) is 17.2 Å². The summed E-state index contributed by atoms with van der Waals surface area (Å²) in [5, 5.41) is 0.388. The molecule has 54 heavy (non-hydrogen) atoms. The molecule has 0 radical (unpaired) electrons. The fourth-order valence-electron chi connectivity index (χ4n) is 5.58. The first-order valence-electron chi connectivity index (χ1n) is 17.4. The van der Waals surface area contributed by atoms with Crippen molar-refractivity contribution >= 4 is 34.8 Å². The topological polar surface area (TPSA) is 172 Å². The molecule has 1 aliphatic heterocycles. The molecule has 0 unspecified atom stereocenters. The van der Waals surface area contributed by atoms with Crippen LogP contribution in [-0.2, 0) is 49.5 Å². The van der Waals surface area contributed by atoms with Gasteiger partial charge in [-0.1, -0.05) is 47.6 Å². The number of hydrogen-bond acceptors (Lipinski definition) is 14. The predicted molar refractivity (Wildman–Crippen MR) is 194 cm³/mol. The number of benzene rings is 2. The molecule has 2 heterocycles. The Morgan fingerprint density at radius 2 is 1.41 bits per heavy atom. The zero-order valence-corrected chi connectivity index (χ0v) is 31.4. The van der Waals surface area contributed by atoms with Crippen LogP contribution >= 0.6 is 0 Å². The highest BCUT2D eigenvalue weighted by molar-refractivity contribution is 5.86. The Kier molecular flexibility index (Phi) is 14.8. The van der Waals surface area contributed by atoms with Gasteiger partial charge >= 0.3 is 29.5 Å². The van der Waals surface area contributed by atoms with Crippen LogP contribution < -0.4 is 19.8 Å². The minimum Gasteiger partial charge on any atom is -0.484 e. The molecule has 1 aliphatic rings. The number of allylic oxidation sites excluding steroid dienone is 3. The van der Waals surface area contributed by atoms with Crippen molar-refractivity contribution in [3.63, 3.8) is 0 Å². The number of rotatable bonds is 16. The Labute approximate surface area is 312 Å². The first-order chi connectivity index (χ1) is 25.7. The highest BCUT2D eigenvalue weighted by Crippen LogP contribution is 2.37. The molecule has 5 atom stereocenters. The number of carbonyl (C=O) groups excluding carboxylic acids is 4. The fourth-order valence-corrected chi connectivity index (χ4v) is 5.58. The number of esters is 4. The lowest BCUT2D eigenvalue weighted by molar-refractivity contribution is -0.288. The van der Waals surface area contributed by atoms with Crippen LogP contribution in [0.15, 0.2) is 81.0 Å². The van der Waals surface area contributed by atoms with Gasteiger partial charge in [0.05, 0.1) is 5.39 Å². The fraction of sp³-hybridized carbons (Fsp3) is 0.425. The summed E-state index contributed by atoms with van der Waals surface area (Å²) in [4.78, 5) is 61.7. The number of hydrogen-bond donors (Lipinski definition) is 0. The van der Waals surface area contributed by atoms with Crippen LogP contribution in [0.25, 0.3) is 11.0 Å². The van der Waals surface area contributed by atoms with Gasteiger partial charge in [-0.15, -0.1) is 0 Å². The van der Waals surface area contributed by atoms with E-state index in [1.165, 1.54) is 24.6 Å². The molecule has 4 rings (SSSR count). The molecular formula is C40H46O14. The van der Waals surface area contributed by atoms with Gasteiger partial charge in [0.25, 0.3) is 0 Å². The second kappa shape index (κ2) is 19.4. The van der Waals surface area contributed by atoms with Gasteiger partial charge in [0, 0.05) is 33.8 Å². The van der Waals surface area contributed by atoms with Crippen molar-refractivity contribution in [1.29, 1.82) is 0 Å². The van der Waals surface area contributed by atoms with Gasteiger partial charge in [0.2, 0.25) is 18.1 Å². The highest BCUT2D eigenvalue weighted by atomic mass is 16.7. The maximum atomic E-state index is 13.4. The Balaban J connectivity index is 1.71. The Bertz CT molecular complexity index is 1910. The van der Waals surface area contributed by atoms with E-state index in [9.17, 15) is 24.0 Å². The normalized spacial score (nSPS) is 19.6. The van der Waals surface area contributed by atoms with E-state index in [4.69, 9.17) is 42.3 Å². The minimum atomic E-state index is -1.50. The van der Waals surface area contributed by atoms with E-state index >= 15 is 0 Å². The summed E-state index contributed by atoms with van der Waals surface area (Å²) in [5.41, 5.74) is 2.44. The monoisotopic (exact) mass is 750 g/mol. The summed E-state index contributed by atoms with van der Waals surface area (Å²) in [6.07, 6.45) is -1.21. The average molecular weight is 751 g/mol. The molecule has 1 aromatic heterocycles. The number of ether oxygens (including phenoxy) is 8. The standard InChI is InChI=1S/C40H46O14/c1-23(2)12-11-13-24(3)18-19-46-37-34(48-21-29-14-9-8-10-15-29)31-17-16-30(20-32(31)53-39(37)45)52-40-38(51-28(7)44)36(50-27(6)43)35(49-26(5)42)33(54-40)22-47-25(4)41/h8-10,12,14-18,20,33,35-36,38,40H,11,13,19,21-22H2,1-7H3/t33-,35-,36+,38-,40-/m1/s1. The number of fused-ring (bicyclic) bond motifs is 1. The van der Waals surface area contributed by atoms with Crippen LogP contribution in [0.3, 0.4) is 0 Å². The summed E-state index contributed by atoms with van der Waals surface area (Å²) in [7, 11) is 0. The van der Waals surface area contributed by atoms with Crippen LogP contribution in [0.2, 0.25) is 0 Å². The van der Waals surface area contributed by atoms with Crippen molar-refractivity contribution in [2.45, 2.75) is 98.6 Å². The second-order valence-corrected chi connectivity index (χ2v) is 12.8. The molecule has 3 aromatic rings. The van der Waals surface area contributed by atoms with Crippen molar-refractivity contribution in [1.82, 2.24) is 0 Å². The highest BCUT2D eigenvalue weighted by Gasteiger charge is 2.53. The van der Waals surface area contributed by atoms with Gasteiger partial charge in [-0.05, 0) is 57.4 Å². The minimum absolute atomic E-state index is 0.0620. The predicted octanol–water partition coefficient (Wildman–Crippen LogP) is 5.91. The number of carbonyl (C=O) groups is 4. The molecule has 0 bridgehead atoms. The Hall–Kier alpha value is -5.63. The van der Waals surface area contributed by atoms with Gasteiger partial charge < -0.3 is 42.3 Å². The Morgan fingerprint density at radius 1 is 0.741 bits per heavy atom. The van der Waals surface area contributed by atoms with E-state index < -0.39 is 66.8 Å². The molecule has 1 fully saturated rings. The summed E-state index contributed by atoms with van der Waals surface area (Å²) in [6.45, 7) is 10.4. The lowest BCUT2D eigenvalue weighted by Crippen LogP contribution is -2.63. The molecule has 0 aliphatic carbocycles. The molecule has 2 aromatic carbocycles. The van der Waals surface area contributed by atoms with Gasteiger partial charge in [0.15, 0.2) is 18.0 Å². The summed E-state index contributed by atoms with van der Waals surface area (Å²) >= 11 is 0. The summed E-state index contributed by atoms with van der Waals surface area (Å²) in [5.74, 6) is -2.89. The van der Waals surface area contributed by atoms with Crippen LogP contribution in [0, 0.1) is 0 Å². The molecule has 0 spiro atoms. The van der Waals surface area contributed by atoms with E-state index in [-0.39, 0.29) is 36.0 Å². The van der Waals surface area contributed by atoms with Crippen LogP contribution in [-0.4, -0.2) is 67.8 Å². The zero-order chi connectivity index (χ0) is 39.4. The third-order valence-corrected chi connectivity index (χ3v) is 7.97. The molecule has 1 saturated heterocycles. The van der Waals surface area contributed by atoms with E-state index in [1.54, 1.807) is 6.07 Å². The molecule has 14 heteroatoms. The maximum Gasteiger partial charge on any atom is 0.383 e. The average Bonchev–Trinajstić information content (AvgIpc) is 3.09. The Morgan fingerprint density at radius 3 is 2.06 bits per heavy atom. The maximum absolute atomic E-state index is 13.4. The molecular weight excluding hydrogens is 704 g/mol. The quantitative estimate of drug-likeness (QED) is 0.0732. The SMILES string of the molecule is CC(=O)OC[C@H]1O[C@@H](Oc2ccc3c(OCc4ccccc4)c(OCC=C(C)CCC=C(C)C)c(=O)oc3c2)[C@H](OC(C)=O)[C@@H](OC(C)=O)[C@@H]1OC(C)=O. The van der Waals surface area contributed by atoms with Gasteiger partial charge in [-0.25, -0.2) is 4.79 Å². The third-order valence-electron chi connectivity index (χ3n) is 7.97. The van der Waals surface area contributed by atoms with Crippen molar-refractivity contribution in [2.75, 3.05) is 13.2 Å². The van der Waals surface area contributed by atoms with Crippen molar-refractivity contribution in [2.24, 2.45) is 0 Å². The smallest absolute Gasteiger partial charge is 0.383 e.